The lowest BCUT2D eigenvalue weighted by molar-refractivity contribution is 0.415. The second-order valence-corrected chi connectivity index (χ2v) is 4.84. The van der Waals surface area contributed by atoms with Gasteiger partial charge in [0.05, 0.1) is 23.8 Å². The molecule has 0 aliphatic carbocycles. The zero-order valence-electron chi connectivity index (χ0n) is 11.4. The number of allylic oxidation sites excluding steroid dienone is 1. The van der Waals surface area contributed by atoms with Crippen molar-refractivity contribution in [3.8, 4) is 11.8 Å². The molecular formula is C17H14ClNO. The van der Waals surface area contributed by atoms with Gasteiger partial charge in [0, 0.05) is 0 Å². The van der Waals surface area contributed by atoms with E-state index in [0.29, 0.717) is 16.3 Å². The number of benzene rings is 2. The predicted molar refractivity (Wildman–Crippen MR) is 82.7 cm³/mol. The van der Waals surface area contributed by atoms with Crippen molar-refractivity contribution in [1.29, 1.82) is 5.26 Å². The number of nitriles is 1. The van der Waals surface area contributed by atoms with Gasteiger partial charge in [0.15, 0.2) is 0 Å². The van der Waals surface area contributed by atoms with Crippen LogP contribution in [-0.2, 0) is 0 Å². The second kappa shape index (κ2) is 6.27. The Balaban J connectivity index is 2.39. The molecule has 100 valence electrons. The average molecular weight is 284 g/mol. The molecule has 0 radical (unpaired) electrons. The summed E-state index contributed by atoms with van der Waals surface area (Å²) < 4.78 is 5.11. The van der Waals surface area contributed by atoms with E-state index in [4.69, 9.17) is 16.3 Å². The molecule has 2 aromatic carbocycles. The molecule has 0 saturated heterocycles. The van der Waals surface area contributed by atoms with Crippen molar-refractivity contribution in [3.63, 3.8) is 0 Å². The maximum atomic E-state index is 9.30. The highest BCUT2D eigenvalue weighted by atomic mass is 35.5. The fraction of sp³-hybridized carbons (Fsp3) is 0.118. The third kappa shape index (κ3) is 3.20. The molecule has 2 nitrogen and oxygen atoms in total. The molecule has 0 amide bonds. The topological polar surface area (TPSA) is 33.0 Å². The van der Waals surface area contributed by atoms with Gasteiger partial charge in [-0.15, -0.1) is 0 Å². The maximum absolute atomic E-state index is 9.30. The number of nitrogens with zero attached hydrogens (tertiary/aromatic N) is 1. The van der Waals surface area contributed by atoms with Crippen LogP contribution in [0.5, 0.6) is 5.75 Å². The van der Waals surface area contributed by atoms with Crippen molar-refractivity contribution < 1.29 is 4.74 Å². The van der Waals surface area contributed by atoms with Crippen LogP contribution in [0.4, 0.5) is 0 Å². The summed E-state index contributed by atoms with van der Waals surface area (Å²) in [5, 5.41) is 9.83. The first kappa shape index (κ1) is 14.2. The third-order valence-corrected chi connectivity index (χ3v) is 3.27. The quantitative estimate of drug-likeness (QED) is 0.603. The van der Waals surface area contributed by atoms with Crippen LogP contribution in [0.25, 0.3) is 11.6 Å². The lowest BCUT2D eigenvalue weighted by atomic mass is 10.0. The number of rotatable bonds is 3. The van der Waals surface area contributed by atoms with Crippen LogP contribution in [0.1, 0.15) is 16.7 Å². The first-order chi connectivity index (χ1) is 9.63. The van der Waals surface area contributed by atoms with Crippen LogP contribution < -0.4 is 4.74 Å². The molecule has 0 aliphatic rings. The van der Waals surface area contributed by atoms with Crippen LogP contribution in [-0.4, -0.2) is 7.11 Å². The van der Waals surface area contributed by atoms with E-state index in [1.54, 1.807) is 19.2 Å². The van der Waals surface area contributed by atoms with Crippen LogP contribution in [0, 0.1) is 18.3 Å². The van der Waals surface area contributed by atoms with Gasteiger partial charge in [-0.05, 0) is 36.3 Å². The van der Waals surface area contributed by atoms with Crippen molar-refractivity contribution in [2.45, 2.75) is 6.92 Å². The van der Waals surface area contributed by atoms with Gasteiger partial charge in [0.1, 0.15) is 5.75 Å². The Morgan fingerprint density at radius 2 is 1.90 bits per heavy atom. The number of ether oxygens (including phenoxy) is 1. The fourth-order valence-corrected chi connectivity index (χ4v) is 2.12. The summed E-state index contributed by atoms with van der Waals surface area (Å²) >= 11 is 6.09. The van der Waals surface area contributed by atoms with Gasteiger partial charge in [0.2, 0.25) is 0 Å². The molecule has 3 heteroatoms. The highest BCUT2D eigenvalue weighted by Crippen LogP contribution is 2.27. The van der Waals surface area contributed by atoms with Crippen molar-refractivity contribution in [2.24, 2.45) is 0 Å². The van der Waals surface area contributed by atoms with Crippen molar-refractivity contribution >= 4 is 23.3 Å². The minimum absolute atomic E-state index is 0.530. The lowest BCUT2D eigenvalue weighted by Gasteiger charge is -2.04. The molecule has 0 spiro atoms. The number of methoxy groups -OCH3 is 1. The van der Waals surface area contributed by atoms with Gasteiger partial charge in [-0.2, -0.15) is 5.26 Å². The fourth-order valence-electron chi connectivity index (χ4n) is 1.85. The maximum Gasteiger partial charge on any atom is 0.137 e. The van der Waals surface area contributed by atoms with E-state index in [1.165, 1.54) is 5.56 Å². The van der Waals surface area contributed by atoms with E-state index in [9.17, 15) is 5.26 Å². The minimum Gasteiger partial charge on any atom is -0.495 e. The van der Waals surface area contributed by atoms with E-state index in [2.05, 4.69) is 6.07 Å². The summed E-state index contributed by atoms with van der Waals surface area (Å²) in [6, 6.07) is 15.5. The normalized spacial score (nSPS) is 11.0. The summed E-state index contributed by atoms with van der Waals surface area (Å²) in [5.74, 6) is 0.623. The summed E-state index contributed by atoms with van der Waals surface area (Å²) in [6.07, 6.45) is 1.82. The standard InChI is InChI=1S/C17H14ClNO/c1-12-3-6-14(7-4-12)15(11-19)9-13-5-8-17(20-2)16(18)10-13/h3-10H,1-2H3/b15-9+. The van der Waals surface area contributed by atoms with Crippen molar-refractivity contribution in [1.82, 2.24) is 0 Å². The largest absolute Gasteiger partial charge is 0.495 e. The van der Waals surface area contributed by atoms with Crippen LogP contribution in [0.2, 0.25) is 5.02 Å². The van der Waals surface area contributed by atoms with E-state index in [0.717, 1.165) is 11.1 Å². The predicted octanol–water partition coefficient (Wildman–Crippen LogP) is 4.72. The first-order valence-electron chi connectivity index (χ1n) is 6.16. The third-order valence-electron chi connectivity index (χ3n) is 2.97. The Bertz CT molecular complexity index is 681. The van der Waals surface area contributed by atoms with E-state index >= 15 is 0 Å². The Kier molecular flexibility index (Phi) is 4.45. The van der Waals surface area contributed by atoms with Crippen molar-refractivity contribution in [3.05, 3.63) is 64.2 Å². The van der Waals surface area contributed by atoms with Crippen molar-refractivity contribution in [2.75, 3.05) is 7.11 Å². The van der Waals surface area contributed by atoms with Gasteiger partial charge in [0.25, 0.3) is 0 Å². The van der Waals surface area contributed by atoms with Crippen LogP contribution in [0.15, 0.2) is 42.5 Å². The van der Waals surface area contributed by atoms with Gasteiger partial charge in [-0.1, -0.05) is 47.5 Å². The molecule has 0 saturated carbocycles. The Labute approximate surface area is 123 Å². The zero-order valence-corrected chi connectivity index (χ0v) is 12.1. The molecule has 0 N–H and O–H groups in total. The molecule has 0 fully saturated rings. The molecule has 0 aromatic heterocycles. The minimum atomic E-state index is 0.530. The summed E-state index contributed by atoms with van der Waals surface area (Å²) in [5.41, 5.74) is 3.53. The highest BCUT2D eigenvalue weighted by Gasteiger charge is 2.04. The SMILES string of the molecule is COc1ccc(/C=C(\C#N)c2ccc(C)cc2)cc1Cl. The number of hydrogen-bond donors (Lipinski definition) is 0. The first-order valence-corrected chi connectivity index (χ1v) is 6.54. The number of halogens is 1. The van der Waals surface area contributed by atoms with E-state index in [-0.39, 0.29) is 0 Å². The highest BCUT2D eigenvalue weighted by molar-refractivity contribution is 6.32. The molecule has 0 bridgehead atoms. The molecule has 0 atom stereocenters. The monoisotopic (exact) mass is 283 g/mol. The van der Waals surface area contributed by atoms with Gasteiger partial charge >= 0.3 is 0 Å². The number of aryl methyl sites for hydroxylation is 1. The van der Waals surface area contributed by atoms with Crippen LogP contribution >= 0.6 is 11.6 Å². The Morgan fingerprint density at radius 1 is 1.20 bits per heavy atom. The van der Waals surface area contributed by atoms with E-state index in [1.807, 2.05) is 43.3 Å². The van der Waals surface area contributed by atoms with Crippen LogP contribution in [0.3, 0.4) is 0 Å². The molecular weight excluding hydrogens is 270 g/mol. The molecule has 0 aliphatic heterocycles. The second-order valence-electron chi connectivity index (χ2n) is 4.43. The summed E-state index contributed by atoms with van der Waals surface area (Å²) in [4.78, 5) is 0. The van der Waals surface area contributed by atoms with Gasteiger partial charge in [-0.25, -0.2) is 0 Å². The zero-order chi connectivity index (χ0) is 14.5. The average Bonchev–Trinajstić information content (AvgIpc) is 2.46. The van der Waals surface area contributed by atoms with E-state index < -0.39 is 0 Å². The molecule has 0 unspecified atom stereocenters. The number of hydrogen-bond acceptors (Lipinski definition) is 2. The van der Waals surface area contributed by atoms with Gasteiger partial charge < -0.3 is 4.74 Å². The molecule has 20 heavy (non-hydrogen) atoms. The Morgan fingerprint density at radius 3 is 2.45 bits per heavy atom. The Hall–Kier alpha value is -2.24. The molecule has 2 rings (SSSR count). The smallest absolute Gasteiger partial charge is 0.137 e. The summed E-state index contributed by atoms with van der Waals surface area (Å²) in [6.45, 7) is 2.02. The molecule has 2 aromatic rings. The lowest BCUT2D eigenvalue weighted by Crippen LogP contribution is -1.86. The summed E-state index contributed by atoms with van der Waals surface area (Å²) in [7, 11) is 1.57. The van der Waals surface area contributed by atoms with Gasteiger partial charge in [-0.3, -0.25) is 0 Å². The molecule has 0 heterocycles.